The SMILES string of the molecule is CN/C=C(\C(=N)C(=O)N1CC(F)(F)CC(C)C1CNc1ccc(C(F)(F)F)cn1)c1cccc(OC)n1. The molecule has 0 bridgehead atoms. The van der Waals surface area contributed by atoms with E-state index in [4.69, 9.17) is 10.1 Å². The van der Waals surface area contributed by atoms with Gasteiger partial charge >= 0.3 is 6.18 Å². The van der Waals surface area contributed by atoms with Crippen LogP contribution in [-0.4, -0.2) is 65.7 Å². The van der Waals surface area contributed by atoms with Crippen molar-refractivity contribution in [2.75, 3.05) is 32.6 Å². The number of halogens is 5. The van der Waals surface area contributed by atoms with Gasteiger partial charge in [-0.2, -0.15) is 13.2 Å². The van der Waals surface area contributed by atoms with Gasteiger partial charge < -0.3 is 20.3 Å². The van der Waals surface area contributed by atoms with Crippen LogP contribution in [0.3, 0.4) is 0 Å². The van der Waals surface area contributed by atoms with E-state index in [1.165, 1.54) is 13.3 Å². The largest absolute Gasteiger partial charge is 0.481 e. The van der Waals surface area contributed by atoms with Crippen LogP contribution in [0.25, 0.3) is 5.57 Å². The van der Waals surface area contributed by atoms with Crippen molar-refractivity contribution in [2.24, 2.45) is 5.92 Å². The van der Waals surface area contributed by atoms with Crippen molar-refractivity contribution in [3.05, 3.63) is 54.0 Å². The number of amides is 1. The lowest BCUT2D eigenvalue weighted by Gasteiger charge is -2.43. The molecule has 2 aromatic heterocycles. The minimum atomic E-state index is -4.55. The second kappa shape index (κ2) is 11.1. The van der Waals surface area contributed by atoms with Gasteiger partial charge in [-0.25, -0.2) is 18.7 Å². The third-order valence-electron chi connectivity index (χ3n) is 5.90. The van der Waals surface area contributed by atoms with Crippen molar-refractivity contribution in [2.45, 2.75) is 31.5 Å². The molecule has 3 N–H and O–H groups in total. The second-order valence-corrected chi connectivity index (χ2v) is 8.64. The van der Waals surface area contributed by atoms with E-state index in [-0.39, 0.29) is 29.5 Å². The topological polar surface area (TPSA) is 103 Å². The fourth-order valence-corrected chi connectivity index (χ4v) is 4.11. The highest BCUT2D eigenvalue weighted by Crippen LogP contribution is 2.35. The number of rotatable bonds is 8. The molecule has 0 saturated carbocycles. The van der Waals surface area contributed by atoms with Gasteiger partial charge in [0.2, 0.25) is 5.88 Å². The van der Waals surface area contributed by atoms with Gasteiger partial charge in [-0.3, -0.25) is 10.2 Å². The molecule has 1 saturated heterocycles. The van der Waals surface area contributed by atoms with E-state index in [0.717, 1.165) is 17.0 Å². The molecule has 0 aliphatic carbocycles. The molecule has 3 rings (SSSR count). The molecule has 1 amide bonds. The molecular weight excluding hydrogens is 499 g/mol. The van der Waals surface area contributed by atoms with E-state index in [1.54, 1.807) is 32.2 Å². The molecule has 200 valence electrons. The number of nitrogens with one attached hydrogen (secondary N) is 3. The van der Waals surface area contributed by atoms with Crippen LogP contribution < -0.4 is 15.4 Å². The standard InChI is InChI=1S/C24H27F5N6O2/c1-14-9-23(25,26)13-35(18(14)12-33-19-8-7-15(10-32-19)24(27,28)29)22(36)21(30)16(11-31-2)17-5-4-6-20(34-17)37-3/h4-8,10-11,14,18,30-31H,9,12-13H2,1-3H3,(H,32,33)/b16-11-,30-21?. The summed E-state index contributed by atoms with van der Waals surface area (Å²) < 4.78 is 72.6. The fraction of sp³-hybridized carbons (Fsp3) is 0.417. The first kappa shape index (κ1) is 27.8. The summed E-state index contributed by atoms with van der Waals surface area (Å²) in [5.41, 5.74) is -1.18. The van der Waals surface area contributed by atoms with Gasteiger partial charge in [-0.05, 0) is 24.1 Å². The van der Waals surface area contributed by atoms with E-state index >= 15 is 0 Å². The van der Waals surface area contributed by atoms with Crippen molar-refractivity contribution in [1.29, 1.82) is 5.41 Å². The summed E-state index contributed by atoms with van der Waals surface area (Å²) in [6.07, 6.45) is -3.01. The Kier molecular flexibility index (Phi) is 8.34. The number of carbonyl (C=O) groups is 1. The van der Waals surface area contributed by atoms with Gasteiger partial charge in [0.15, 0.2) is 0 Å². The van der Waals surface area contributed by atoms with Crippen LogP contribution >= 0.6 is 0 Å². The van der Waals surface area contributed by atoms with Crippen molar-refractivity contribution in [1.82, 2.24) is 20.2 Å². The van der Waals surface area contributed by atoms with Crippen LogP contribution in [0.5, 0.6) is 5.88 Å². The summed E-state index contributed by atoms with van der Waals surface area (Å²) in [5.74, 6) is -4.47. The molecule has 0 radical (unpaired) electrons. The maximum atomic E-state index is 14.5. The Balaban J connectivity index is 1.85. The number of carbonyl (C=O) groups excluding carboxylic acids is 1. The summed E-state index contributed by atoms with van der Waals surface area (Å²) in [6, 6.07) is 5.93. The summed E-state index contributed by atoms with van der Waals surface area (Å²) in [6.45, 7) is 0.582. The lowest BCUT2D eigenvalue weighted by atomic mass is 9.87. The average molecular weight is 527 g/mol. The number of hydrogen-bond donors (Lipinski definition) is 3. The highest BCUT2D eigenvalue weighted by atomic mass is 19.4. The van der Waals surface area contributed by atoms with E-state index in [9.17, 15) is 26.7 Å². The molecule has 0 aromatic carbocycles. The molecule has 0 spiro atoms. The van der Waals surface area contributed by atoms with E-state index in [2.05, 4.69) is 20.6 Å². The summed E-state index contributed by atoms with van der Waals surface area (Å²) in [7, 11) is 2.96. The number of anilines is 1. The van der Waals surface area contributed by atoms with E-state index in [0.29, 0.717) is 6.20 Å². The first-order chi connectivity index (χ1) is 17.4. The zero-order valence-electron chi connectivity index (χ0n) is 20.4. The van der Waals surface area contributed by atoms with Crippen LogP contribution in [-0.2, 0) is 11.0 Å². The number of ether oxygens (including phenoxy) is 1. The molecule has 8 nitrogen and oxygen atoms in total. The Morgan fingerprint density at radius 2 is 2.03 bits per heavy atom. The quantitative estimate of drug-likeness (QED) is 0.354. The van der Waals surface area contributed by atoms with Crippen LogP contribution in [0.1, 0.15) is 24.6 Å². The zero-order chi connectivity index (χ0) is 27.4. The molecule has 2 aromatic rings. The third kappa shape index (κ3) is 6.71. The summed E-state index contributed by atoms with van der Waals surface area (Å²) in [5, 5.41) is 14.1. The van der Waals surface area contributed by atoms with Crippen molar-refractivity contribution in [3.63, 3.8) is 0 Å². The Labute approximate surface area is 210 Å². The van der Waals surface area contributed by atoms with Gasteiger partial charge in [0.1, 0.15) is 11.5 Å². The monoisotopic (exact) mass is 526 g/mol. The number of aromatic nitrogens is 2. The summed E-state index contributed by atoms with van der Waals surface area (Å²) >= 11 is 0. The lowest BCUT2D eigenvalue weighted by molar-refractivity contribution is -0.145. The molecule has 1 aliphatic rings. The first-order valence-corrected chi connectivity index (χ1v) is 11.3. The number of alkyl halides is 5. The second-order valence-electron chi connectivity index (χ2n) is 8.64. The van der Waals surface area contributed by atoms with Gasteiger partial charge in [-0.15, -0.1) is 0 Å². The van der Waals surface area contributed by atoms with E-state index in [1.807, 2.05) is 0 Å². The Bertz CT molecular complexity index is 1150. The van der Waals surface area contributed by atoms with Crippen molar-refractivity contribution in [3.8, 4) is 5.88 Å². The average Bonchev–Trinajstić information content (AvgIpc) is 2.84. The molecular formula is C24H27F5N6O2. The van der Waals surface area contributed by atoms with Crippen molar-refractivity contribution < 1.29 is 31.5 Å². The predicted molar refractivity (Wildman–Crippen MR) is 128 cm³/mol. The number of likely N-dealkylation sites (tertiary alicyclic amines) is 1. The first-order valence-electron chi connectivity index (χ1n) is 11.3. The highest BCUT2D eigenvalue weighted by molar-refractivity contribution is 6.54. The lowest BCUT2D eigenvalue weighted by Crippen LogP contribution is -2.58. The van der Waals surface area contributed by atoms with Gasteiger partial charge in [-0.1, -0.05) is 13.0 Å². The minimum absolute atomic E-state index is 0.0584. The maximum absolute atomic E-state index is 14.5. The van der Waals surface area contributed by atoms with Crippen molar-refractivity contribution >= 4 is 23.0 Å². The maximum Gasteiger partial charge on any atom is 0.417 e. The summed E-state index contributed by atoms with van der Waals surface area (Å²) in [4.78, 5) is 22.3. The zero-order valence-corrected chi connectivity index (χ0v) is 20.4. The highest BCUT2D eigenvalue weighted by Gasteiger charge is 2.47. The number of nitrogens with zero attached hydrogens (tertiary/aromatic N) is 3. The minimum Gasteiger partial charge on any atom is -0.481 e. The normalized spacial score (nSPS) is 19.8. The number of pyridine rings is 2. The smallest absolute Gasteiger partial charge is 0.417 e. The molecule has 3 heterocycles. The molecule has 13 heteroatoms. The molecule has 1 aliphatic heterocycles. The Morgan fingerprint density at radius 3 is 2.62 bits per heavy atom. The van der Waals surface area contributed by atoms with Gasteiger partial charge in [0, 0.05) is 44.0 Å². The Morgan fingerprint density at radius 1 is 1.30 bits per heavy atom. The van der Waals surface area contributed by atoms with Crippen LogP contribution in [0.2, 0.25) is 0 Å². The number of methoxy groups -OCH3 is 1. The van der Waals surface area contributed by atoms with Crippen LogP contribution in [0.4, 0.5) is 27.8 Å². The van der Waals surface area contributed by atoms with E-state index < -0.39 is 54.2 Å². The van der Waals surface area contributed by atoms with Crippen LogP contribution in [0, 0.1) is 11.3 Å². The Hall–Kier alpha value is -3.77. The predicted octanol–water partition coefficient (Wildman–Crippen LogP) is 4.07. The molecule has 2 atom stereocenters. The molecule has 2 unspecified atom stereocenters. The third-order valence-corrected chi connectivity index (χ3v) is 5.90. The number of hydrogen-bond acceptors (Lipinski definition) is 7. The number of piperidine rings is 1. The fourth-order valence-electron chi connectivity index (χ4n) is 4.11. The van der Waals surface area contributed by atoms with Crippen LogP contribution in [0.15, 0.2) is 42.7 Å². The molecule has 1 fully saturated rings. The molecule has 37 heavy (non-hydrogen) atoms. The van der Waals surface area contributed by atoms with Gasteiger partial charge in [0.25, 0.3) is 11.8 Å². The van der Waals surface area contributed by atoms with Gasteiger partial charge in [0.05, 0.1) is 31.0 Å².